The van der Waals surface area contributed by atoms with Gasteiger partial charge in [0.2, 0.25) is 0 Å². The van der Waals surface area contributed by atoms with Crippen molar-refractivity contribution in [3.8, 4) is 0 Å². The summed E-state index contributed by atoms with van der Waals surface area (Å²) in [6.45, 7) is 1.71. The van der Waals surface area contributed by atoms with Crippen LogP contribution in [0.25, 0.3) is 10.9 Å². The molecule has 0 radical (unpaired) electrons. The highest BCUT2D eigenvalue weighted by Crippen LogP contribution is 2.36. The van der Waals surface area contributed by atoms with Crippen molar-refractivity contribution in [1.29, 1.82) is 0 Å². The number of ether oxygens (including phenoxy) is 1. The first-order chi connectivity index (χ1) is 9.32. The number of H-pyrrole nitrogens is 1. The Morgan fingerprint density at radius 1 is 1.40 bits per heavy atom. The van der Waals surface area contributed by atoms with Gasteiger partial charge in [0.1, 0.15) is 5.69 Å². The molecule has 3 nitrogen and oxygen atoms in total. The van der Waals surface area contributed by atoms with Gasteiger partial charge in [0.15, 0.2) is 0 Å². The van der Waals surface area contributed by atoms with Gasteiger partial charge in [-0.05, 0) is 25.1 Å². The quantitative estimate of drug-likeness (QED) is 0.873. The molecule has 0 saturated carbocycles. The van der Waals surface area contributed by atoms with Crippen LogP contribution < -0.4 is 0 Å². The topological polar surface area (TPSA) is 42.1 Å². The smallest absolute Gasteiger partial charge is 0.431 e. The van der Waals surface area contributed by atoms with Crippen molar-refractivity contribution < 1.29 is 22.7 Å². The lowest BCUT2D eigenvalue weighted by Crippen LogP contribution is -2.13. The maximum atomic E-state index is 13.0. The molecule has 2 aromatic rings. The van der Waals surface area contributed by atoms with Crippen LogP contribution in [0.2, 0.25) is 5.02 Å². The van der Waals surface area contributed by atoms with Crippen LogP contribution >= 0.6 is 11.6 Å². The normalized spacial score (nSPS) is 11.8. The standard InChI is InChI=1S/C13H11ClF3NO2/c1-2-20-11(19)6-9-8-5-7(14)3-4-10(8)18-12(9)13(15,16)17/h3-5,18H,2,6H2,1H3. The van der Waals surface area contributed by atoms with Gasteiger partial charge in [-0.25, -0.2) is 0 Å². The average Bonchev–Trinajstić information content (AvgIpc) is 2.68. The molecule has 1 N–H and O–H groups in total. The van der Waals surface area contributed by atoms with Crippen LogP contribution in [0.15, 0.2) is 18.2 Å². The van der Waals surface area contributed by atoms with Gasteiger partial charge in [-0.2, -0.15) is 13.2 Å². The number of aromatic nitrogens is 1. The molecular formula is C13H11ClF3NO2. The first-order valence-corrected chi connectivity index (χ1v) is 6.23. The van der Waals surface area contributed by atoms with E-state index in [0.29, 0.717) is 5.02 Å². The highest BCUT2D eigenvalue weighted by Gasteiger charge is 2.37. The van der Waals surface area contributed by atoms with E-state index in [1.54, 1.807) is 6.92 Å². The lowest BCUT2D eigenvalue weighted by Gasteiger charge is -2.08. The molecule has 0 atom stereocenters. The molecule has 0 unspecified atom stereocenters. The molecule has 20 heavy (non-hydrogen) atoms. The number of rotatable bonds is 3. The van der Waals surface area contributed by atoms with Crippen molar-refractivity contribution in [2.75, 3.05) is 6.61 Å². The summed E-state index contributed by atoms with van der Waals surface area (Å²) < 4.78 is 43.7. The summed E-state index contributed by atoms with van der Waals surface area (Å²) in [7, 11) is 0. The monoisotopic (exact) mass is 305 g/mol. The number of alkyl halides is 3. The molecule has 1 aromatic carbocycles. The third-order valence-corrected chi connectivity index (χ3v) is 3.01. The number of esters is 1. The Morgan fingerprint density at radius 3 is 2.70 bits per heavy atom. The first kappa shape index (κ1) is 14.7. The van der Waals surface area contributed by atoms with Crippen molar-refractivity contribution in [1.82, 2.24) is 4.98 Å². The maximum absolute atomic E-state index is 13.0. The summed E-state index contributed by atoms with van der Waals surface area (Å²) in [6.07, 6.45) is -5.03. The largest absolute Gasteiger partial charge is 0.466 e. The molecule has 2 rings (SSSR count). The molecule has 1 aromatic heterocycles. The molecule has 7 heteroatoms. The summed E-state index contributed by atoms with van der Waals surface area (Å²) in [5, 5.41) is 0.577. The Hall–Kier alpha value is -1.69. The van der Waals surface area contributed by atoms with Crippen LogP contribution in [0.1, 0.15) is 18.2 Å². The predicted octanol–water partition coefficient (Wildman–Crippen LogP) is 3.95. The van der Waals surface area contributed by atoms with Gasteiger partial charge in [0, 0.05) is 21.5 Å². The molecule has 108 valence electrons. The van der Waals surface area contributed by atoms with E-state index in [4.69, 9.17) is 16.3 Å². The molecule has 0 aliphatic rings. The summed E-state index contributed by atoms with van der Waals surface area (Å²) in [6, 6.07) is 4.33. The molecular weight excluding hydrogens is 295 g/mol. The number of nitrogens with one attached hydrogen (secondary N) is 1. The van der Waals surface area contributed by atoms with E-state index in [0.717, 1.165) is 0 Å². The van der Waals surface area contributed by atoms with Gasteiger partial charge in [-0.15, -0.1) is 0 Å². The highest BCUT2D eigenvalue weighted by atomic mass is 35.5. The van der Waals surface area contributed by atoms with Crippen LogP contribution in [0.4, 0.5) is 13.2 Å². The second kappa shape index (κ2) is 5.36. The maximum Gasteiger partial charge on any atom is 0.431 e. The second-order valence-electron chi connectivity index (χ2n) is 4.15. The van der Waals surface area contributed by atoms with Crippen molar-refractivity contribution in [3.05, 3.63) is 34.5 Å². The van der Waals surface area contributed by atoms with Gasteiger partial charge in [0.25, 0.3) is 0 Å². The average molecular weight is 306 g/mol. The zero-order chi connectivity index (χ0) is 14.9. The van der Waals surface area contributed by atoms with E-state index in [-0.39, 0.29) is 23.1 Å². The first-order valence-electron chi connectivity index (χ1n) is 5.86. The number of hydrogen-bond donors (Lipinski definition) is 1. The number of benzene rings is 1. The lowest BCUT2D eigenvalue weighted by atomic mass is 10.1. The minimum Gasteiger partial charge on any atom is -0.466 e. The number of hydrogen-bond acceptors (Lipinski definition) is 2. The van der Waals surface area contributed by atoms with Gasteiger partial charge < -0.3 is 9.72 Å². The Kier molecular flexibility index (Phi) is 3.94. The number of fused-ring (bicyclic) bond motifs is 1. The lowest BCUT2D eigenvalue weighted by molar-refractivity contribution is -0.144. The van der Waals surface area contributed by atoms with Crippen LogP contribution in [-0.2, 0) is 22.1 Å². The van der Waals surface area contributed by atoms with Crippen LogP contribution in [-0.4, -0.2) is 17.6 Å². The summed E-state index contributed by atoms with van der Waals surface area (Å²) in [5.74, 6) is -0.709. The van der Waals surface area contributed by atoms with Crippen LogP contribution in [0.3, 0.4) is 0 Å². The van der Waals surface area contributed by atoms with Gasteiger partial charge in [-0.3, -0.25) is 4.79 Å². The molecule has 0 fully saturated rings. The fourth-order valence-corrected chi connectivity index (χ4v) is 2.17. The molecule has 0 bridgehead atoms. The third kappa shape index (κ3) is 2.90. The van der Waals surface area contributed by atoms with Crippen LogP contribution in [0.5, 0.6) is 0 Å². The summed E-state index contributed by atoms with van der Waals surface area (Å²) in [5.41, 5.74) is -0.808. The van der Waals surface area contributed by atoms with Gasteiger partial charge in [0.05, 0.1) is 13.0 Å². The molecule has 1 heterocycles. The zero-order valence-electron chi connectivity index (χ0n) is 10.5. The van der Waals surface area contributed by atoms with E-state index in [9.17, 15) is 18.0 Å². The number of carbonyl (C=O) groups excluding carboxylic acids is 1. The second-order valence-corrected chi connectivity index (χ2v) is 4.58. The minimum atomic E-state index is -4.58. The summed E-state index contributed by atoms with van der Waals surface area (Å²) in [4.78, 5) is 13.8. The van der Waals surface area contributed by atoms with Gasteiger partial charge >= 0.3 is 12.1 Å². The van der Waals surface area contributed by atoms with Crippen molar-refractivity contribution in [2.45, 2.75) is 19.5 Å². The SMILES string of the molecule is CCOC(=O)Cc1c(C(F)(F)F)[nH]c2ccc(Cl)cc12. The van der Waals surface area contributed by atoms with Crippen molar-refractivity contribution in [3.63, 3.8) is 0 Å². The number of carbonyl (C=O) groups is 1. The van der Waals surface area contributed by atoms with E-state index in [2.05, 4.69) is 4.98 Å². The number of aromatic amines is 1. The van der Waals surface area contributed by atoms with Crippen LogP contribution in [0, 0.1) is 0 Å². The molecule has 0 spiro atoms. The predicted molar refractivity (Wildman–Crippen MR) is 68.6 cm³/mol. The minimum absolute atomic E-state index is 0.114. The highest BCUT2D eigenvalue weighted by molar-refractivity contribution is 6.31. The molecule has 0 aliphatic carbocycles. The van der Waals surface area contributed by atoms with Crippen molar-refractivity contribution in [2.24, 2.45) is 0 Å². The Morgan fingerprint density at radius 2 is 2.10 bits per heavy atom. The zero-order valence-corrected chi connectivity index (χ0v) is 11.2. The number of halogens is 4. The van der Waals surface area contributed by atoms with E-state index >= 15 is 0 Å². The molecule has 0 aliphatic heterocycles. The van der Waals surface area contributed by atoms with E-state index in [1.165, 1.54) is 18.2 Å². The van der Waals surface area contributed by atoms with Crippen molar-refractivity contribution >= 4 is 28.5 Å². The Labute approximate surface area is 117 Å². The van der Waals surface area contributed by atoms with E-state index in [1.807, 2.05) is 0 Å². The molecule has 0 amide bonds. The molecule has 0 saturated heterocycles. The Balaban J connectivity index is 2.57. The van der Waals surface area contributed by atoms with Gasteiger partial charge in [-0.1, -0.05) is 11.6 Å². The fraction of sp³-hybridized carbons (Fsp3) is 0.308. The van der Waals surface area contributed by atoms with E-state index < -0.39 is 24.3 Å². The third-order valence-electron chi connectivity index (χ3n) is 2.78. The fourth-order valence-electron chi connectivity index (χ4n) is 2.00. The Bertz CT molecular complexity index is 649. The summed E-state index contributed by atoms with van der Waals surface area (Å²) >= 11 is 5.80.